The molecule has 4 heterocycles. The van der Waals surface area contributed by atoms with Gasteiger partial charge in [-0.3, -0.25) is 19.5 Å². The van der Waals surface area contributed by atoms with Crippen molar-refractivity contribution in [2.24, 2.45) is 5.92 Å². The molecule has 2 atom stereocenters. The van der Waals surface area contributed by atoms with Gasteiger partial charge in [0.1, 0.15) is 11.5 Å². The fourth-order valence-electron chi connectivity index (χ4n) is 5.34. The Morgan fingerprint density at radius 3 is 2.65 bits per heavy atom. The number of fused-ring (bicyclic) bond motifs is 3. The van der Waals surface area contributed by atoms with E-state index in [9.17, 15) is 23.5 Å². The molecule has 2 aromatic heterocycles. The van der Waals surface area contributed by atoms with E-state index in [-0.39, 0.29) is 29.9 Å². The number of ether oxygens (including phenoxy) is 1. The van der Waals surface area contributed by atoms with Crippen LogP contribution in [0.3, 0.4) is 0 Å². The highest BCUT2D eigenvalue weighted by atomic mass is 19.3. The number of alkyl halides is 2. The van der Waals surface area contributed by atoms with E-state index in [1.165, 1.54) is 12.3 Å². The summed E-state index contributed by atoms with van der Waals surface area (Å²) in [4.78, 5) is 36.2. The predicted molar refractivity (Wildman–Crippen MR) is 146 cm³/mol. The summed E-state index contributed by atoms with van der Waals surface area (Å²) >= 11 is 0. The van der Waals surface area contributed by atoms with Gasteiger partial charge in [0.15, 0.2) is 0 Å². The lowest BCUT2D eigenvalue weighted by Gasteiger charge is -2.42. The Kier molecular flexibility index (Phi) is 7.18. The van der Waals surface area contributed by atoms with Crippen molar-refractivity contribution in [2.45, 2.75) is 51.6 Å². The number of nitrogens with zero attached hydrogens (tertiary/aromatic N) is 3. The van der Waals surface area contributed by atoms with Crippen LogP contribution < -0.4 is 10.2 Å². The number of rotatable bonds is 6. The first-order valence-corrected chi connectivity index (χ1v) is 13.2. The van der Waals surface area contributed by atoms with E-state index in [4.69, 9.17) is 9.72 Å². The maximum absolute atomic E-state index is 13.7. The molecule has 0 bridgehead atoms. The van der Waals surface area contributed by atoms with Gasteiger partial charge in [0.25, 0.3) is 11.8 Å². The Bertz CT molecular complexity index is 1460. The molecule has 2 N–H and O–H groups in total. The fourth-order valence-corrected chi connectivity index (χ4v) is 5.34. The second-order valence-corrected chi connectivity index (χ2v) is 11.3. The highest BCUT2D eigenvalue weighted by Gasteiger charge is 2.44. The number of benzene rings is 1. The summed E-state index contributed by atoms with van der Waals surface area (Å²) in [6.07, 6.45) is 3.57. The van der Waals surface area contributed by atoms with Gasteiger partial charge in [-0.25, -0.2) is 4.98 Å². The third-order valence-corrected chi connectivity index (χ3v) is 7.31. The van der Waals surface area contributed by atoms with Crippen LogP contribution in [-0.2, 0) is 15.5 Å². The first-order valence-electron chi connectivity index (χ1n) is 13.2. The summed E-state index contributed by atoms with van der Waals surface area (Å²) in [5.74, 6) is -3.65. The lowest BCUT2D eigenvalue weighted by molar-refractivity contribution is -0.129. The van der Waals surface area contributed by atoms with Crippen LogP contribution in [0.1, 0.15) is 60.3 Å². The van der Waals surface area contributed by atoms with Gasteiger partial charge in [-0.2, -0.15) is 8.78 Å². The molecule has 0 spiro atoms. The summed E-state index contributed by atoms with van der Waals surface area (Å²) < 4.78 is 33.1. The maximum atomic E-state index is 13.7. The standard InChI is InChI=1S/C30H32F2N4O4/c1-17-5-6-20(35-27(37)18-7-9-33-25(12-18)30(4,31)32)13-22(17)19-11-23-21-8-10-40-15-24(21)28(38)36(16-29(2,3)39)26(23)34-14-19/h5-7,9,11-14,21,24,39H,8,10,15-16H2,1-4H3,(H,35,37)/t21-,24+/m0/s1. The van der Waals surface area contributed by atoms with Gasteiger partial charge in [0.2, 0.25) is 5.91 Å². The topological polar surface area (TPSA) is 105 Å². The number of hydrogen-bond donors (Lipinski definition) is 2. The van der Waals surface area contributed by atoms with Crippen molar-refractivity contribution in [1.82, 2.24) is 9.97 Å². The predicted octanol–water partition coefficient (Wildman–Crippen LogP) is 5.05. The third kappa shape index (κ3) is 5.59. The van der Waals surface area contributed by atoms with Crippen LogP contribution in [0.25, 0.3) is 11.1 Å². The number of amides is 2. The van der Waals surface area contributed by atoms with E-state index in [2.05, 4.69) is 10.3 Å². The Labute approximate surface area is 231 Å². The van der Waals surface area contributed by atoms with Gasteiger partial charge < -0.3 is 15.2 Å². The minimum absolute atomic E-state index is 0.0532. The average Bonchev–Trinajstić information content (AvgIpc) is 2.91. The van der Waals surface area contributed by atoms with Gasteiger partial charge in [-0.15, -0.1) is 0 Å². The van der Waals surface area contributed by atoms with Gasteiger partial charge >= 0.3 is 0 Å². The molecule has 210 valence electrons. The lowest BCUT2D eigenvalue weighted by Crippen LogP contribution is -2.52. The molecule has 2 amide bonds. The summed E-state index contributed by atoms with van der Waals surface area (Å²) in [5.41, 5.74) is 2.49. The summed E-state index contributed by atoms with van der Waals surface area (Å²) in [5, 5.41) is 13.3. The van der Waals surface area contributed by atoms with Crippen molar-refractivity contribution >= 4 is 23.3 Å². The van der Waals surface area contributed by atoms with Gasteiger partial charge in [-0.05, 0) is 74.2 Å². The number of hydrogen-bond acceptors (Lipinski definition) is 6. The summed E-state index contributed by atoms with van der Waals surface area (Å²) in [6.45, 7) is 6.96. The van der Waals surface area contributed by atoms with Crippen molar-refractivity contribution in [3.63, 3.8) is 0 Å². The third-order valence-electron chi connectivity index (χ3n) is 7.31. The molecule has 0 aliphatic carbocycles. The van der Waals surface area contributed by atoms with Crippen LogP contribution in [0.4, 0.5) is 20.3 Å². The zero-order valence-corrected chi connectivity index (χ0v) is 22.9. The first kappa shape index (κ1) is 27.8. The molecule has 2 aliphatic rings. The average molecular weight is 551 g/mol. The second kappa shape index (κ2) is 10.3. The molecule has 0 saturated carbocycles. The van der Waals surface area contributed by atoms with E-state index >= 15 is 0 Å². The highest BCUT2D eigenvalue weighted by Crippen LogP contribution is 2.44. The van der Waals surface area contributed by atoms with E-state index < -0.39 is 23.1 Å². The molecule has 3 aromatic rings. The largest absolute Gasteiger partial charge is 0.389 e. The van der Waals surface area contributed by atoms with Gasteiger partial charge in [-0.1, -0.05) is 6.07 Å². The van der Waals surface area contributed by atoms with Crippen LogP contribution in [-0.4, -0.2) is 52.2 Å². The van der Waals surface area contributed by atoms with E-state index in [1.54, 1.807) is 31.0 Å². The number of pyridine rings is 2. The van der Waals surface area contributed by atoms with Crippen molar-refractivity contribution in [3.05, 3.63) is 71.2 Å². The quantitative estimate of drug-likeness (QED) is 0.445. The van der Waals surface area contributed by atoms with Crippen LogP contribution in [0.5, 0.6) is 0 Å². The second-order valence-electron chi connectivity index (χ2n) is 11.3. The SMILES string of the molecule is Cc1ccc(NC(=O)c2ccnc(C(C)(F)F)c2)cc1-c1cnc2c(c1)[C@@H]1CCOC[C@H]1C(=O)N2CC(C)(C)O. The van der Waals surface area contributed by atoms with E-state index in [1.807, 2.05) is 25.1 Å². The van der Waals surface area contributed by atoms with Crippen LogP contribution in [0, 0.1) is 12.8 Å². The zero-order valence-electron chi connectivity index (χ0n) is 22.9. The van der Waals surface area contributed by atoms with Crippen LogP contribution >= 0.6 is 0 Å². The molecule has 1 aromatic carbocycles. The number of aliphatic hydroxyl groups is 1. The molecule has 1 fully saturated rings. The van der Waals surface area contributed by atoms with Gasteiger partial charge in [0, 0.05) is 48.7 Å². The van der Waals surface area contributed by atoms with E-state index in [0.29, 0.717) is 31.1 Å². The van der Waals surface area contributed by atoms with E-state index in [0.717, 1.165) is 35.2 Å². The molecule has 1 saturated heterocycles. The zero-order chi connectivity index (χ0) is 28.8. The number of nitrogens with one attached hydrogen (secondary N) is 1. The Balaban J connectivity index is 1.48. The number of anilines is 2. The number of halogens is 2. The van der Waals surface area contributed by atoms with Crippen LogP contribution in [0.15, 0.2) is 48.8 Å². The Hall–Kier alpha value is -3.76. The molecule has 5 rings (SSSR count). The summed E-state index contributed by atoms with van der Waals surface area (Å²) in [7, 11) is 0. The Morgan fingerprint density at radius 1 is 1.15 bits per heavy atom. The van der Waals surface area contributed by atoms with Crippen molar-refractivity contribution in [1.29, 1.82) is 0 Å². The summed E-state index contributed by atoms with van der Waals surface area (Å²) in [6, 6.07) is 9.93. The maximum Gasteiger partial charge on any atom is 0.286 e. The normalized spacial score (nSPS) is 19.2. The molecule has 10 heteroatoms. The minimum atomic E-state index is -3.16. The monoisotopic (exact) mass is 550 g/mol. The molecular formula is C30H32F2N4O4. The van der Waals surface area contributed by atoms with Gasteiger partial charge in [0.05, 0.1) is 24.7 Å². The number of aromatic nitrogens is 2. The molecule has 0 unspecified atom stereocenters. The molecule has 0 radical (unpaired) electrons. The van der Waals surface area contributed by atoms with Crippen molar-refractivity contribution in [2.75, 3.05) is 30.0 Å². The number of β-amino-alcohol motifs (C(OH)–C–C–N with tert-alkyl or cyclic N) is 1. The van der Waals surface area contributed by atoms with Crippen LogP contribution in [0.2, 0.25) is 0 Å². The highest BCUT2D eigenvalue weighted by molar-refractivity contribution is 6.04. The minimum Gasteiger partial charge on any atom is -0.389 e. The number of carbonyl (C=O) groups is 2. The molecule has 2 aliphatic heterocycles. The molecule has 8 nitrogen and oxygen atoms in total. The van der Waals surface area contributed by atoms with Crippen molar-refractivity contribution in [3.8, 4) is 11.1 Å². The first-order chi connectivity index (χ1) is 18.8. The fraction of sp³-hybridized carbons (Fsp3) is 0.400. The lowest BCUT2D eigenvalue weighted by atomic mass is 9.78. The number of aryl methyl sites for hydroxylation is 1. The Morgan fingerprint density at radius 2 is 1.93 bits per heavy atom. The molecular weight excluding hydrogens is 518 g/mol. The molecule has 40 heavy (non-hydrogen) atoms. The van der Waals surface area contributed by atoms with Crippen molar-refractivity contribution < 1.29 is 28.2 Å². The number of carbonyl (C=O) groups excluding carboxylic acids is 2. The smallest absolute Gasteiger partial charge is 0.286 e.